The van der Waals surface area contributed by atoms with Crippen LogP contribution >= 0.6 is 0 Å². The Hall–Kier alpha value is -1.79. The highest BCUT2D eigenvalue weighted by Gasteiger charge is 2.17. The molecular weight excluding hydrogens is 194 g/mol. The summed E-state index contributed by atoms with van der Waals surface area (Å²) in [6, 6.07) is 1.39. The third kappa shape index (κ3) is 1.36. The molecule has 0 saturated carbocycles. The maximum absolute atomic E-state index is 12.4. The van der Waals surface area contributed by atoms with Crippen LogP contribution in [0.15, 0.2) is 16.7 Å². The van der Waals surface area contributed by atoms with E-state index in [0.717, 1.165) is 0 Å². The molecule has 0 aliphatic carbocycles. The molecule has 2 aromatic rings. The largest absolute Gasteiger partial charge is 0.420 e. The van der Waals surface area contributed by atoms with Crippen molar-refractivity contribution in [1.82, 2.24) is 20.0 Å². The summed E-state index contributed by atoms with van der Waals surface area (Å²) in [5.41, 5.74) is 0.112. The lowest BCUT2D eigenvalue weighted by atomic mass is 10.4. The van der Waals surface area contributed by atoms with Crippen LogP contribution in [0.5, 0.6) is 0 Å². The maximum atomic E-state index is 12.4. The molecule has 0 bridgehead atoms. The molecule has 5 nitrogen and oxygen atoms in total. The van der Waals surface area contributed by atoms with Crippen LogP contribution in [0.2, 0.25) is 0 Å². The summed E-state index contributed by atoms with van der Waals surface area (Å²) in [5.74, 6) is 0.363. The summed E-state index contributed by atoms with van der Waals surface area (Å²) in [7, 11) is 0. The summed E-state index contributed by atoms with van der Waals surface area (Å²) in [6.45, 7) is -1.13. The molecule has 14 heavy (non-hydrogen) atoms. The van der Waals surface area contributed by atoms with Crippen LogP contribution in [0, 0.1) is 6.92 Å². The van der Waals surface area contributed by atoms with Crippen LogP contribution in [0.4, 0.5) is 8.78 Å². The zero-order chi connectivity index (χ0) is 10.1. The Morgan fingerprint density at radius 1 is 1.43 bits per heavy atom. The van der Waals surface area contributed by atoms with Gasteiger partial charge in [0.25, 0.3) is 5.89 Å². The third-order valence-corrected chi connectivity index (χ3v) is 1.60. The van der Waals surface area contributed by atoms with Crippen LogP contribution in [0.25, 0.3) is 11.6 Å². The summed E-state index contributed by atoms with van der Waals surface area (Å²) in [6.07, 6.45) is 1.25. The summed E-state index contributed by atoms with van der Waals surface area (Å²) in [5, 5.41) is 10.6. The lowest BCUT2D eigenvalue weighted by Crippen LogP contribution is -2.02. The third-order valence-electron chi connectivity index (χ3n) is 1.60. The number of rotatable bonds is 2. The highest BCUT2D eigenvalue weighted by atomic mass is 19.3. The van der Waals surface area contributed by atoms with E-state index in [2.05, 4.69) is 15.3 Å². The van der Waals surface area contributed by atoms with Gasteiger partial charge in [-0.3, -0.25) is 0 Å². The number of nitrogens with zero attached hydrogens (tertiary/aromatic N) is 4. The first kappa shape index (κ1) is 8.79. The summed E-state index contributed by atoms with van der Waals surface area (Å²) >= 11 is 0. The van der Waals surface area contributed by atoms with E-state index in [9.17, 15) is 8.78 Å². The molecule has 0 spiro atoms. The van der Waals surface area contributed by atoms with E-state index >= 15 is 0 Å². The van der Waals surface area contributed by atoms with Crippen LogP contribution < -0.4 is 0 Å². The van der Waals surface area contributed by atoms with E-state index in [4.69, 9.17) is 4.42 Å². The van der Waals surface area contributed by atoms with Gasteiger partial charge in [0.2, 0.25) is 5.89 Å². The topological polar surface area (TPSA) is 56.7 Å². The molecule has 0 aliphatic heterocycles. The van der Waals surface area contributed by atoms with Crippen molar-refractivity contribution in [2.75, 3.05) is 0 Å². The van der Waals surface area contributed by atoms with Gasteiger partial charge in [-0.05, 0) is 6.07 Å². The molecule has 2 aromatic heterocycles. The first-order valence-corrected chi connectivity index (χ1v) is 3.80. The number of halogens is 2. The van der Waals surface area contributed by atoms with Gasteiger partial charge in [-0.15, -0.1) is 10.2 Å². The Bertz CT molecular complexity index is 436. The number of hydrogen-bond donors (Lipinski definition) is 0. The van der Waals surface area contributed by atoms with Crippen molar-refractivity contribution in [3.8, 4) is 11.6 Å². The van der Waals surface area contributed by atoms with Gasteiger partial charge >= 0.3 is 6.55 Å². The van der Waals surface area contributed by atoms with E-state index in [1.54, 1.807) is 6.92 Å². The molecule has 2 heterocycles. The second kappa shape index (κ2) is 3.17. The molecule has 0 atom stereocenters. The maximum Gasteiger partial charge on any atom is 0.333 e. The van der Waals surface area contributed by atoms with Crippen molar-refractivity contribution in [2.24, 2.45) is 0 Å². The van der Waals surface area contributed by atoms with Gasteiger partial charge in [0.15, 0.2) is 0 Å². The minimum atomic E-state index is -2.72. The molecule has 0 fully saturated rings. The van der Waals surface area contributed by atoms with Crippen molar-refractivity contribution in [1.29, 1.82) is 0 Å². The van der Waals surface area contributed by atoms with E-state index in [1.807, 2.05) is 0 Å². The van der Waals surface area contributed by atoms with Gasteiger partial charge in [0.1, 0.15) is 5.69 Å². The van der Waals surface area contributed by atoms with Crippen molar-refractivity contribution in [3.63, 3.8) is 0 Å². The van der Waals surface area contributed by atoms with Gasteiger partial charge in [-0.25, -0.2) is 0 Å². The summed E-state index contributed by atoms with van der Waals surface area (Å²) in [4.78, 5) is 0. The van der Waals surface area contributed by atoms with Crippen molar-refractivity contribution >= 4 is 0 Å². The Morgan fingerprint density at radius 3 is 2.79 bits per heavy atom. The van der Waals surface area contributed by atoms with E-state index in [0.29, 0.717) is 10.6 Å². The quantitative estimate of drug-likeness (QED) is 0.739. The van der Waals surface area contributed by atoms with Gasteiger partial charge in [-0.2, -0.15) is 18.6 Å². The predicted molar refractivity (Wildman–Crippen MR) is 41.5 cm³/mol. The molecule has 0 N–H and O–H groups in total. The van der Waals surface area contributed by atoms with Crippen molar-refractivity contribution in [2.45, 2.75) is 13.5 Å². The van der Waals surface area contributed by atoms with Crippen LogP contribution in [-0.4, -0.2) is 20.0 Å². The fourth-order valence-electron chi connectivity index (χ4n) is 1.04. The van der Waals surface area contributed by atoms with Crippen LogP contribution in [0.1, 0.15) is 12.4 Å². The lowest BCUT2D eigenvalue weighted by Gasteiger charge is -2.00. The van der Waals surface area contributed by atoms with Gasteiger partial charge in [0.05, 0.1) is 0 Å². The molecule has 7 heteroatoms. The monoisotopic (exact) mass is 200 g/mol. The lowest BCUT2D eigenvalue weighted by molar-refractivity contribution is 0.0580. The fraction of sp³-hybridized carbons (Fsp3) is 0.286. The number of aromatic nitrogens is 4. The first-order valence-electron chi connectivity index (χ1n) is 3.80. The normalized spacial score (nSPS) is 11.1. The fourth-order valence-corrected chi connectivity index (χ4v) is 1.04. The second-order valence-corrected chi connectivity index (χ2v) is 2.56. The molecule has 0 aliphatic rings. The summed E-state index contributed by atoms with van der Waals surface area (Å²) < 4.78 is 30.3. The molecule has 0 radical (unpaired) electrons. The Kier molecular flexibility index (Phi) is 1.99. The standard InChI is InChI=1S/C7H6F2N4O/c1-4-11-12-6(14-4)5-2-3-10-13(5)7(8)9/h2-3,7H,1H3. The number of aryl methyl sites for hydroxylation is 1. The van der Waals surface area contributed by atoms with Crippen molar-refractivity contribution in [3.05, 3.63) is 18.2 Å². The minimum Gasteiger partial charge on any atom is -0.420 e. The second-order valence-electron chi connectivity index (χ2n) is 2.56. The number of alkyl halides is 2. The molecule has 0 unspecified atom stereocenters. The van der Waals surface area contributed by atoms with Crippen molar-refractivity contribution < 1.29 is 13.2 Å². The molecule has 74 valence electrons. The van der Waals surface area contributed by atoms with Crippen LogP contribution in [-0.2, 0) is 0 Å². The molecule has 0 amide bonds. The van der Waals surface area contributed by atoms with E-state index < -0.39 is 6.55 Å². The predicted octanol–water partition coefficient (Wildman–Crippen LogP) is 1.64. The highest BCUT2D eigenvalue weighted by molar-refractivity contribution is 5.45. The van der Waals surface area contributed by atoms with Gasteiger partial charge in [0, 0.05) is 13.1 Å². The molecule has 0 aromatic carbocycles. The average Bonchev–Trinajstić information content (AvgIpc) is 2.70. The average molecular weight is 200 g/mol. The van der Waals surface area contributed by atoms with Gasteiger partial charge in [-0.1, -0.05) is 0 Å². The van der Waals surface area contributed by atoms with E-state index in [1.165, 1.54) is 12.3 Å². The van der Waals surface area contributed by atoms with Crippen LogP contribution in [0.3, 0.4) is 0 Å². The number of hydrogen-bond acceptors (Lipinski definition) is 4. The Balaban J connectivity index is 2.46. The zero-order valence-electron chi connectivity index (χ0n) is 7.19. The smallest absolute Gasteiger partial charge is 0.333 e. The van der Waals surface area contributed by atoms with E-state index in [-0.39, 0.29) is 11.6 Å². The molecular formula is C7H6F2N4O. The molecule has 0 saturated heterocycles. The Morgan fingerprint density at radius 2 is 2.21 bits per heavy atom. The minimum absolute atomic E-state index is 0.0419. The first-order chi connectivity index (χ1) is 6.68. The molecule has 2 rings (SSSR count). The zero-order valence-corrected chi connectivity index (χ0v) is 7.19. The van der Waals surface area contributed by atoms with Gasteiger partial charge < -0.3 is 4.42 Å². The SMILES string of the molecule is Cc1nnc(-c2ccnn2C(F)F)o1. The highest BCUT2D eigenvalue weighted by Crippen LogP contribution is 2.21. The Labute approximate surface area is 77.4 Å².